The molecule has 0 saturated carbocycles. The van der Waals surface area contributed by atoms with E-state index in [0.717, 1.165) is 5.56 Å². The van der Waals surface area contributed by atoms with Crippen molar-refractivity contribution in [1.29, 1.82) is 0 Å². The van der Waals surface area contributed by atoms with Gasteiger partial charge in [-0.2, -0.15) is 0 Å². The van der Waals surface area contributed by atoms with E-state index < -0.39 is 0 Å². The molecular weight excluding hydrogens is 304 g/mol. The second-order valence-corrected chi connectivity index (χ2v) is 6.52. The normalized spacial score (nSPS) is 14.2. The first-order valence-corrected chi connectivity index (χ1v) is 7.92. The Hall–Kier alpha value is -2.01. The Balaban J connectivity index is 3.01. The van der Waals surface area contributed by atoms with E-state index in [-0.39, 0.29) is 11.6 Å². The van der Waals surface area contributed by atoms with E-state index in [1.54, 1.807) is 18.5 Å². The molecule has 0 bridgehead atoms. The Morgan fingerprint density at radius 3 is 2.65 bits per heavy atom. The number of benzene rings is 1. The zero-order valence-corrected chi connectivity index (χ0v) is 15.1. The van der Waals surface area contributed by atoms with Crippen LogP contribution in [0.1, 0.15) is 38.1 Å². The minimum Gasteiger partial charge on any atom is -0.346 e. The molecule has 1 atom stereocenters. The average molecular weight is 331 g/mol. The highest BCUT2D eigenvalue weighted by molar-refractivity contribution is 7.78. The molecule has 1 aromatic carbocycles. The smallest absolute Gasteiger partial charge is 0.147 e. The van der Waals surface area contributed by atoms with Crippen molar-refractivity contribution in [3.63, 3.8) is 0 Å². The van der Waals surface area contributed by atoms with E-state index in [9.17, 15) is 0 Å². The molecule has 0 unspecified atom stereocenters. The van der Waals surface area contributed by atoms with Gasteiger partial charge in [0.1, 0.15) is 18.3 Å². The molecule has 0 spiro atoms. The lowest BCUT2D eigenvalue weighted by Crippen LogP contribution is -2.24. The quantitative estimate of drug-likeness (QED) is 0.304. The van der Waals surface area contributed by atoms with Gasteiger partial charge in [0.25, 0.3) is 0 Å². The van der Waals surface area contributed by atoms with E-state index in [2.05, 4.69) is 79.2 Å². The zero-order valence-electron chi connectivity index (χ0n) is 14.2. The predicted octanol–water partition coefficient (Wildman–Crippen LogP) is 4.19. The molecule has 0 aliphatic heterocycles. The summed E-state index contributed by atoms with van der Waals surface area (Å²) >= 11 is 4.09. The molecule has 0 saturated heterocycles. The van der Waals surface area contributed by atoms with Crippen LogP contribution in [0.4, 0.5) is 0 Å². The fraction of sp³-hybridized carbons (Fsp3) is 0.333. The van der Waals surface area contributed by atoms with Gasteiger partial charge in [0.15, 0.2) is 0 Å². The van der Waals surface area contributed by atoms with Crippen molar-refractivity contribution in [2.24, 2.45) is 15.4 Å². The number of nitrogens with zero attached hydrogens (tertiary/aromatic N) is 2. The first-order chi connectivity index (χ1) is 10.9. The third kappa shape index (κ3) is 7.70. The largest absolute Gasteiger partial charge is 0.346 e. The van der Waals surface area contributed by atoms with Crippen LogP contribution in [-0.2, 0) is 0 Å². The van der Waals surface area contributed by atoms with Crippen LogP contribution < -0.4 is 10.0 Å². The van der Waals surface area contributed by atoms with Gasteiger partial charge in [-0.05, 0) is 24.0 Å². The van der Waals surface area contributed by atoms with Crippen LogP contribution in [0.3, 0.4) is 0 Å². The van der Waals surface area contributed by atoms with E-state index in [1.165, 1.54) is 5.56 Å². The van der Waals surface area contributed by atoms with E-state index in [4.69, 9.17) is 0 Å². The van der Waals surface area contributed by atoms with Crippen LogP contribution in [0.5, 0.6) is 0 Å². The topological polar surface area (TPSA) is 48.8 Å². The van der Waals surface area contributed by atoms with Gasteiger partial charge in [-0.1, -0.05) is 76.1 Å². The highest BCUT2D eigenvalue weighted by atomic mass is 32.1. The first kappa shape index (κ1) is 19.0. The van der Waals surface area contributed by atoms with E-state index in [0.29, 0.717) is 5.82 Å². The maximum Gasteiger partial charge on any atom is 0.147 e. The van der Waals surface area contributed by atoms with Gasteiger partial charge in [0, 0.05) is 6.21 Å². The van der Waals surface area contributed by atoms with Crippen molar-refractivity contribution >= 4 is 25.4 Å². The Kier molecular flexibility index (Phi) is 7.62. The Bertz CT molecular complexity index is 597. The first-order valence-electron chi connectivity index (χ1n) is 7.47. The van der Waals surface area contributed by atoms with Crippen molar-refractivity contribution in [3.8, 4) is 0 Å². The number of hydrogen-bond donors (Lipinski definition) is 3. The summed E-state index contributed by atoms with van der Waals surface area (Å²) in [4.78, 5) is 8.80. The molecule has 0 aromatic heterocycles. The summed E-state index contributed by atoms with van der Waals surface area (Å²) in [6.45, 7) is 12.0. The van der Waals surface area contributed by atoms with Gasteiger partial charge < -0.3 is 10.0 Å². The fourth-order valence-corrected chi connectivity index (χ4v) is 1.93. The molecule has 5 heteroatoms. The molecule has 0 amide bonds. The van der Waals surface area contributed by atoms with Gasteiger partial charge in [0.2, 0.25) is 0 Å². The summed E-state index contributed by atoms with van der Waals surface area (Å²) in [5.41, 5.74) is 2.25. The lowest BCUT2D eigenvalue weighted by molar-refractivity contribution is 0.606. The highest BCUT2D eigenvalue weighted by Gasteiger charge is 2.10. The summed E-state index contributed by atoms with van der Waals surface area (Å²) in [5.74, 6) is 0.715. The molecular formula is C18H26N4S. The average Bonchev–Trinajstić information content (AvgIpc) is 2.48. The third-order valence-corrected chi connectivity index (χ3v) is 3.04. The minimum atomic E-state index is -0.266. The summed E-state index contributed by atoms with van der Waals surface area (Å²) in [6, 6.07) is 8.18. The molecule has 0 radical (unpaired) electrons. The Morgan fingerprint density at radius 2 is 2.09 bits per heavy atom. The second-order valence-electron chi connectivity index (χ2n) is 6.30. The molecule has 23 heavy (non-hydrogen) atoms. The summed E-state index contributed by atoms with van der Waals surface area (Å²) in [6.07, 6.45) is 6.67. The number of hydrogen-bond acceptors (Lipinski definition) is 4. The number of thiol groups is 1. The highest BCUT2D eigenvalue weighted by Crippen LogP contribution is 2.17. The number of nitrogens with one attached hydrogen (secondary N) is 2. The van der Waals surface area contributed by atoms with Crippen molar-refractivity contribution in [2.45, 2.75) is 33.9 Å². The molecule has 1 rings (SSSR count). The van der Waals surface area contributed by atoms with Crippen molar-refractivity contribution < 1.29 is 0 Å². The lowest BCUT2D eigenvalue weighted by Gasteiger charge is -2.18. The van der Waals surface area contributed by atoms with Crippen molar-refractivity contribution in [1.82, 2.24) is 10.0 Å². The van der Waals surface area contributed by atoms with Crippen LogP contribution in [0.15, 0.2) is 58.8 Å². The van der Waals surface area contributed by atoms with Gasteiger partial charge >= 0.3 is 0 Å². The van der Waals surface area contributed by atoms with Gasteiger partial charge in [-0.3, -0.25) is 0 Å². The zero-order chi connectivity index (χ0) is 17.3. The lowest BCUT2D eigenvalue weighted by atomic mass is 9.99. The fourth-order valence-electron chi connectivity index (χ4n) is 1.79. The van der Waals surface area contributed by atoms with Gasteiger partial charge in [0.05, 0.1) is 0 Å². The third-order valence-electron chi connectivity index (χ3n) is 2.80. The van der Waals surface area contributed by atoms with Crippen LogP contribution in [0.2, 0.25) is 0 Å². The minimum absolute atomic E-state index is 0.0266. The van der Waals surface area contributed by atoms with Crippen molar-refractivity contribution in [3.05, 3.63) is 59.9 Å². The molecule has 2 N–H and O–H groups in total. The van der Waals surface area contributed by atoms with Crippen LogP contribution in [-0.4, -0.2) is 12.6 Å². The molecule has 0 heterocycles. The Morgan fingerprint density at radius 1 is 1.35 bits per heavy atom. The Labute approximate surface area is 145 Å². The molecule has 124 valence electrons. The number of aryl methyl sites for hydroxylation is 1. The molecule has 0 aliphatic rings. The van der Waals surface area contributed by atoms with Crippen LogP contribution in [0.25, 0.3) is 0 Å². The summed E-state index contributed by atoms with van der Waals surface area (Å²) in [7, 11) is 0. The number of allylic oxidation sites excluding steroid dienone is 2. The van der Waals surface area contributed by atoms with Crippen molar-refractivity contribution in [2.75, 3.05) is 0 Å². The monoisotopic (exact) mass is 330 g/mol. The van der Waals surface area contributed by atoms with E-state index in [1.807, 2.05) is 18.3 Å². The molecule has 0 fully saturated rings. The maximum absolute atomic E-state index is 4.53. The molecule has 0 aliphatic carbocycles. The molecule has 4 nitrogen and oxygen atoms in total. The predicted molar refractivity (Wildman–Crippen MR) is 104 cm³/mol. The van der Waals surface area contributed by atoms with Gasteiger partial charge in [-0.15, -0.1) is 0 Å². The van der Waals surface area contributed by atoms with Crippen LogP contribution >= 0.6 is 12.8 Å². The maximum atomic E-state index is 4.53. The summed E-state index contributed by atoms with van der Waals surface area (Å²) < 4.78 is 2.79. The van der Waals surface area contributed by atoms with Gasteiger partial charge in [-0.25, -0.2) is 9.98 Å². The van der Waals surface area contributed by atoms with E-state index >= 15 is 0 Å². The number of aliphatic imine (C=N–C) groups is 2. The standard InChI is InChI=1S/C18H26N4S/c1-6-8-16(22-23)21-17(15-10-7-9-14(2)11-15)20-13-19-12-18(3,4)5/h6-13,17,21-23H,1H2,2-5H3/b16-8-,19-12?,20-13+/t17-/m1/s1. The number of rotatable bonds is 7. The summed E-state index contributed by atoms with van der Waals surface area (Å²) in [5, 5.41) is 3.28. The van der Waals surface area contributed by atoms with Crippen LogP contribution in [0, 0.1) is 12.3 Å². The molecule has 1 aromatic rings. The SMILES string of the molecule is C=C/C=C(\NS)N[C@@H](/N=C/N=CC(C)(C)C)c1cccc(C)c1. The second kappa shape index (κ2) is 9.20.